The van der Waals surface area contributed by atoms with E-state index in [0.717, 1.165) is 6.07 Å². The zero-order chi connectivity index (χ0) is 9.84. The van der Waals surface area contributed by atoms with E-state index in [1.807, 2.05) is 0 Å². The Morgan fingerprint density at radius 3 is 2.15 bits per heavy atom. The number of hydrogen-bond donors (Lipinski definition) is 0. The number of halogens is 1. The lowest BCUT2D eigenvalue weighted by molar-refractivity contribution is 0.623. The highest BCUT2D eigenvalue weighted by molar-refractivity contribution is 5.50. The van der Waals surface area contributed by atoms with Crippen molar-refractivity contribution in [3.63, 3.8) is 0 Å². The summed E-state index contributed by atoms with van der Waals surface area (Å²) in [5, 5.41) is 25.4. The predicted octanol–water partition coefficient (Wildman–Crippen LogP) is 1.44. The first kappa shape index (κ1) is 8.71. The summed E-state index contributed by atoms with van der Waals surface area (Å²) < 4.78 is 13.0. The van der Waals surface area contributed by atoms with Gasteiger partial charge < -0.3 is 0 Å². The highest BCUT2D eigenvalue weighted by atomic mass is 19.1. The second-order valence-electron chi connectivity index (χ2n) is 2.22. The lowest BCUT2D eigenvalue weighted by Crippen LogP contribution is -1.91. The van der Waals surface area contributed by atoms with E-state index in [1.54, 1.807) is 18.2 Å². The minimum atomic E-state index is -0.835. The molecule has 1 aromatic rings. The summed E-state index contributed by atoms with van der Waals surface area (Å²) in [6.07, 6.45) is 0. The molecule has 0 fully saturated rings. The molecule has 0 saturated heterocycles. The Hall–Kier alpha value is -2.38. The molecule has 13 heavy (non-hydrogen) atoms. The predicted molar refractivity (Wildman–Crippen MR) is 40.5 cm³/mol. The van der Waals surface area contributed by atoms with E-state index in [4.69, 9.17) is 15.8 Å². The van der Waals surface area contributed by atoms with Gasteiger partial charge in [0.05, 0.1) is 17.2 Å². The van der Waals surface area contributed by atoms with Gasteiger partial charge in [-0.2, -0.15) is 15.8 Å². The van der Waals surface area contributed by atoms with Crippen LogP contribution in [0.25, 0.3) is 0 Å². The first-order valence-corrected chi connectivity index (χ1v) is 3.26. The van der Waals surface area contributed by atoms with Crippen LogP contribution in [0.4, 0.5) is 4.39 Å². The SMILES string of the molecule is N#Cc1cc(F)c(C#N)c(C#N)c1. The molecule has 0 aromatic heterocycles. The van der Waals surface area contributed by atoms with E-state index >= 15 is 0 Å². The fourth-order valence-electron chi connectivity index (χ4n) is 0.873. The second kappa shape index (κ2) is 3.34. The summed E-state index contributed by atoms with van der Waals surface area (Å²) >= 11 is 0. The summed E-state index contributed by atoms with van der Waals surface area (Å²) in [5.74, 6) is -0.835. The molecule has 1 aromatic carbocycles. The molecule has 0 bridgehead atoms. The van der Waals surface area contributed by atoms with Crippen LogP contribution in [0.3, 0.4) is 0 Å². The maximum atomic E-state index is 13.0. The highest BCUT2D eigenvalue weighted by Crippen LogP contribution is 2.14. The van der Waals surface area contributed by atoms with E-state index in [1.165, 1.54) is 6.07 Å². The van der Waals surface area contributed by atoms with E-state index in [2.05, 4.69) is 0 Å². The van der Waals surface area contributed by atoms with Gasteiger partial charge >= 0.3 is 0 Å². The summed E-state index contributed by atoms with van der Waals surface area (Å²) in [6, 6.07) is 7.01. The number of rotatable bonds is 0. The Bertz CT molecular complexity index is 471. The summed E-state index contributed by atoms with van der Waals surface area (Å²) in [7, 11) is 0. The molecule has 0 unspecified atom stereocenters. The van der Waals surface area contributed by atoms with Crippen LogP contribution in [0.15, 0.2) is 12.1 Å². The van der Waals surface area contributed by atoms with Crippen molar-refractivity contribution in [3.05, 3.63) is 34.6 Å². The smallest absolute Gasteiger partial charge is 0.143 e. The molecule has 0 aliphatic rings. The zero-order valence-corrected chi connectivity index (χ0v) is 6.37. The quantitative estimate of drug-likeness (QED) is 0.592. The molecule has 60 valence electrons. The Morgan fingerprint density at radius 1 is 1.00 bits per heavy atom. The Morgan fingerprint density at radius 2 is 1.69 bits per heavy atom. The van der Waals surface area contributed by atoms with Crippen molar-refractivity contribution in [2.75, 3.05) is 0 Å². The molecule has 0 aliphatic carbocycles. The lowest BCUT2D eigenvalue weighted by Gasteiger charge is -1.96. The fraction of sp³-hybridized carbons (Fsp3) is 0. The largest absolute Gasteiger partial charge is 0.205 e. The average Bonchev–Trinajstić information content (AvgIpc) is 2.16. The van der Waals surface area contributed by atoms with Crippen LogP contribution in [0.5, 0.6) is 0 Å². The summed E-state index contributed by atoms with van der Waals surface area (Å²) in [4.78, 5) is 0. The highest BCUT2D eigenvalue weighted by Gasteiger charge is 2.09. The third-order valence-corrected chi connectivity index (χ3v) is 1.45. The van der Waals surface area contributed by atoms with Crippen LogP contribution in [0, 0.1) is 39.8 Å². The molecule has 0 N–H and O–H groups in total. The molecule has 0 saturated carbocycles. The van der Waals surface area contributed by atoms with Crippen LogP contribution in [0.1, 0.15) is 16.7 Å². The molecule has 0 atom stereocenters. The second-order valence-corrected chi connectivity index (χ2v) is 2.22. The average molecular weight is 171 g/mol. The Kier molecular flexibility index (Phi) is 2.24. The minimum Gasteiger partial charge on any atom is -0.205 e. The van der Waals surface area contributed by atoms with Gasteiger partial charge in [0.1, 0.15) is 23.5 Å². The minimum absolute atomic E-state index is 0.0352. The lowest BCUT2D eigenvalue weighted by atomic mass is 10.1. The van der Waals surface area contributed by atoms with Crippen molar-refractivity contribution >= 4 is 0 Å². The van der Waals surface area contributed by atoms with Crippen molar-refractivity contribution in [3.8, 4) is 18.2 Å². The van der Waals surface area contributed by atoms with E-state index in [0.29, 0.717) is 0 Å². The molecule has 0 aliphatic heterocycles. The maximum absolute atomic E-state index is 13.0. The zero-order valence-electron chi connectivity index (χ0n) is 6.37. The molecule has 0 radical (unpaired) electrons. The normalized spacial score (nSPS) is 8.15. The van der Waals surface area contributed by atoms with E-state index in [-0.39, 0.29) is 16.7 Å². The summed E-state index contributed by atoms with van der Waals surface area (Å²) in [5.41, 5.74) is -0.395. The van der Waals surface area contributed by atoms with Crippen molar-refractivity contribution in [1.29, 1.82) is 15.8 Å². The van der Waals surface area contributed by atoms with Crippen LogP contribution in [-0.4, -0.2) is 0 Å². The van der Waals surface area contributed by atoms with Crippen LogP contribution < -0.4 is 0 Å². The van der Waals surface area contributed by atoms with Crippen molar-refractivity contribution < 1.29 is 4.39 Å². The van der Waals surface area contributed by atoms with Gasteiger partial charge in [0, 0.05) is 0 Å². The van der Waals surface area contributed by atoms with Crippen molar-refractivity contribution in [2.24, 2.45) is 0 Å². The maximum Gasteiger partial charge on any atom is 0.143 e. The first-order chi connectivity index (χ1) is 6.22. The molecular formula is C9H2FN3. The van der Waals surface area contributed by atoms with Gasteiger partial charge in [-0.25, -0.2) is 4.39 Å². The van der Waals surface area contributed by atoms with Gasteiger partial charge in [0.2, 0.25) is 0 Å². The monoisotopic (exact) mass is 171 g/mol. The first-order valence-electron chi connectivity index (χ1n) is 3.26. The Labute approximate surface area is 73.9 Å². The number of benzene rings is 1. The molecule has 0 amide bonds. The Balaban J connectivity index is 3.54. The van der Waals surface area contributed by atoms with Crippen LogP contribution in [-0.2, 0) is 0 Å². The van der Waals surface area contributed by atoms with Crippen LogP contribution in [0.2, 0.25) is 0 Å². The summed E-state index contributed by atoms with van der Waals surface area (Å²) in [6.45, 7) is 0. The van der Waals surface area contributed by atoms with Crippen LogP contribution >= 0.6 is 0 Å². The van der Waals surface area contributed by atoms with Gasteiger partial charge in [0.25, 0.3) is 0 Å². The van der Waals surface area contributed by atoms with Gasteiger partial charge in [-0.1, -0.05) is 0 Å². The third-order valence-electron chi connectivity index (χ3n) is 1.45. The number of hydrogen-bond acceptors (Lipinski definition) is 3. The fourth-order valence-corrected chi connectivity index (χ4v) is 0.873. The van der Waals surface area contributed by atoms with Gasteiger partial charge in [-0.3, -0.25) is 0 Å². The number of nitrogens with zero attached hydrogens (tertiary/aromatic N) is 3. The third kappa shape index (κ3) is 1.45. The molecule has 1 rings (SSSR count). The van der Waals surface area contributed by atoms with Gasteiger partial charge in [0.15, 0.2) is 0 Å². The molecular weight excluding hydrogens is 169 g/mol. The topological polar surface area (TPSA) is 71.4 Å². The number of nitriles is 3. The van der Waals surface area contributed by atoms with E-state index < -0.39 is 5.82 Å². The van der Waals surface area contributed by atoms with Crippen molar-refractivity contribution in [1.82, 2.24) is 0 Å². The van der Waals surface area contributed by atoms with Gasteiger partial charge in [-0.15, -0.1) is 0 Å². The standard InChI is InChI=1S/C9H2FN3/c10-9-2-6(3-11)1-7(4-12)8(9)5-13/h1-2H. The molecule has 3 nitrogen and oxygen atoms in total. The van der Waals surface area contributed by atoms with Crippen molar-refractivity contribution in [2.45, 2.75) is 0 Å². The molecule has 0 heterocycles. The van der Waals surface area contributed by atoms with E-state index in [9.17, 15) is 4.39 Å². The molecule has 4 heteroatoms. The van der Waals surface area contributed by atoms with Gasteiger partial charge in [-0.05, 0) is 12.1 Å². The molecule has 0 spiro atoms.